The van der Waals surface area contributed by atoms with Crippen molar-refractivity contribution in [2.75, 3.05) is 13.2 Å². The average molecular weight is 423 g/mol. The van der Waals surface area contributed by atoms with E-state index in [1.807, 2.05) is 0 Å². The molecule has 5 nitrogen and oxygen atoms in total. The molecule has 2 rings (SSSR count). The highest BCUT2D eigenvalue weighted by atomic mass is 127. The van der Waals surface area contributed by atoms with Gasteiger partial charge >= 0.3 is 0 Å². The number of aliphatic imine (C=N–C) groups is 1. The summed E-state index contributed by atoms with van der Waals surface area (Å²) in [7, 11) is 0. The van der Waals surface area contributed by atoms with Crippen LogP contribution in [0.5, 0.6) is 5.75 Å². The zero-order valence-electron chi connectivity index (χ0n) is 12.4. The van der Waals surface area contributed by atoms with Crippen LogP contribution in [0.4, 0.5) is 4.39 Å². The van der Waals surface area contributed by atoms with Gasteiger partial charge in [-0.1, -0.05) is 18.9 Å². The molecule has 1 aliphatic carbocycles. The minimum absolute atomic E-state index is 0. The molecule has 0 bridgehead atoms. The Morgan fingerprint density at radius 2 is 2.18 bits per heavy atom. The van der Waals surface area contributed by atoms with Crippen LogP contribution >= 0.6 is 24.0 Å². The highest BCUT2D eigenvalue weighted by Crippen LogP contribution is 2.17. The molecule has 1 aromatic carbocycles. The van der Waals surface area contributed by atoms with Gasteiger partial charge in [-0.25, -0.2) is 4.39 Å². The molecule has 0 aromatic heterocycles. The van der Waals surface area contributed by atoms with Crippen LogP contribution in [0.25, 0.3) is 0 Å². The summed E-state index contributed by atoms with van der Waals surface area (Å²) in [6, 6.07) is 6.19. The molecule has 0 heterocycles. The molecule has 7 heteroatoms. The number of halogens is 2. The second-order valence-electron chi connectivity index (χ2n) is 5.27. The van der Waals surface area contributed by atoms with Gasteiger partial charge in [0, 0.05) is 12.1 Å². The van der Waals surface area contributed by atoms with Crippen LogP contribution in [0.1, 0.15) is 25.7 Å². The van der Waals surface area contributed by atoms with Crippen molar-refractivity contribution in [2.24, 2.45) is 10.7 Å². The number of hydrogen-bond donors (Lipinski definition) is 3. The SMILES string of the molecule is I.NC(=NCC(O)COc1cccc(F)c1)NC1CCCC1. The second-order valence-corrected chi connectivity index (χ2v) is 5.27. The van der Waals surface area contributed by atoms with E-state index in [1.165, 1.54) is 25.0 Å². The first-order valence-corrected chi connectivity index (χ1v) is 7.26. The molecule has 1 saturated carbocycles. The van der Waals surface area contributed by atoms with E-state index in [1.54, 1.807) is 12.1 Å². The molecular formula is C15H23FIN3O2. The monoisotopic (exact) mass is 423 g/mol. The summed E-state index contributed by atoms with van der Waals surface area (Å²) < 4.78 is 18.2. The standard InChI is InChI=1S/C15H22FN3O2.HI/c16-11-4-3-7-14(8-11)21-10-13(20)9-18-15(17)19-12-5-1-2-6-12;/h3-4,7-8,12-13,20H,1-2,5-6,9-10H2,(H3,17,18,19);1H. The van der Waals surface area contributed by atoms with E-state index in [-0.39, 0.29) is 42.9 Å². The van der Waals surface area contributed by atoms with Crippen LogP contribution in [0.15, 0.2) is 29.3 Å². The van der Waals surface area contributed by atoms with Gasteiger partial charge in [0.1, 0.15) is 24.3 Å². The van der Waals surface area contributed by atoms with Crippen LogP contribution < -0.4 is 15.8 Å². The van der Waals surface area contributed by atoms with Crippen molar-refractivity contribution in [1.82, 2.24) is 5.32 Å². The molecule has 1 fully saturated rings. The van der Waals surface area contributed by atoms with E-state index < -0.39 is 6.10 Å². The summed E-state index contributed by atoms with van der Waals surface area (Å²) in [6.45, 7) is 0.199. The Morgan fingerprint density at radius 3 is 2.86 bits per heavy atom. The Balaban J connectivity index is 0.00000242. The molecule has 1 aromatic rings. The second kappa shape index (κ2) is 9.83. The van der Waals surface area contributed by atoms with Crippen molar-refractivity contribution >= 4 is 29.9 Å². The quantitative estimate of drug-likeness (QED) is 0.372. The van der Waals surface area contributed by atoms with E-state index >= 15 is 0 Å². The first-order valence-electron chi connectivity index (χ1n) is 7.26. The summed E-state index contributed by atoms with van der Waals surface area (Å²) in [5.41, 5.74) is 5.77. The summed E-state index contributed by atoms with van der Waals surface area (Å²) in [4.78, 5) is 4.10. The van der Waals surface area contributed by atoms with Crippen molar-refractivity contribution in [3.63, 3.8) is 0 Å². The normalized spacial score (nSPS) is 16.9. The Labute approximate surface area is 147 Å². The van der Waals surface area contributed by atoms with Gasteiger partial charge in [0.25, 0.3) is 0 Å². The topological polar surface area (TPSA) is 79.9 Å². The molecule has 4 N–H and O–H groups in total. The third-order valence-electron chi connectivity index (χ3n) is 3.42. The molecule has 0 spiro atoms. The number of rotatable bonds is 6. The van der Waals surface area contributed by atoms with Crippen molar-refractivity contribution < 1.29 is 14.2 Å². The number of aliphatic hydroxyl groups is 1. The first-order chi connectivity index (χ1) is 10.1. The van der Waals surface area contributed by atoms with Crippen molar-refractivity contribution in [1.29, 1.82) is 0 Å². The van der Waals surface area contributed by atoms with Gasteiger partial charge in [-0.05, 0) is 25.0 Å². The fourth-order valence-corrected chi connectivity index (χ4v) is 2.33. The van der Waals surface area contributed by atoms with E-state index in [9.17, 15) is 9.50 Å². The highest BCUT2D eigenvalue weighted by Gasteiger charge is 2.15. The maximum atomic E-state index is 13.0. The molecule has 1 aliphatic rings. The molecular weight excluding hydrogens is 400 g/mol. The van der Waals surface area contributed by atoms with E-state index in [0.717, 1.165) is 12.8 Å². The van der Waals surface area contributed by atoms with Gasteiger partial charge in [-0.3, -0.25) is 4.99 Å². The summed E-state index contributed by atoms with van der Waals surface area (Å²) in [6.07, 6.45) is 3.88. The lowest BCUT2D eigenvalue weighted by molar-refractivity contribution is 0.114. The van der Waals surface area contributed by atoms with Gasteiger partial charge in [0.05, 0.1) is 6.54 Å². The van der Waals surface area contributed by atoms with Crippen molar-refractivity contribution in [3.05, 3.63) is 30.1 Å². The predicted octanol–water partition coefficient (Wildman–Crippen LogP) is 2.03. The van der Waals surface area contributed by atoms with E-state index in [0.29, 0.717) is 17.8 Å². The number of hydrogen-bond acceptors (Lipinski definition) is 3. The zero-order valence-corrected chi connectivity index (χ0v) is 14.7. The van der Waals surface area contributed by atoms with Gasteiger partial charge in [-0.2, -0.15) is 0 Å². The van der Waals surface area contributed by atoms with Crippen LogP contribution in [0, 0.1) is 5.82 Å². The van der Waals surface area contributed by atoms with Crippen molar-refractivity contribution in [2.45, 2.75) is 37.8 Å². The molecule has 1 unspecified atom stereocenters. The molecule has 0 radical (unpaired) electrons. The summed E-state index contributed by atoms with van der Waals surface area (Å²) in [5.74, 6) is 0.367. The Morgan fingerprint density at radius 1 is 1.45 bits per heavy atom. The number of nitrogens with two attached hydrogens (primary N) is 1. The maximum Gasteiger partial charge on any atom is 0.188 e. The van der Waals surface area contributed by atoms with E-state index in [4.69, 9.17) is 10.5 Å². The third-order valence-corrected chi connectivity index (χ3v) is 3.42. The van der Waals surface area contributed by atoms with Gasteiger partial charge in [0.2, 0.25) is 0 Å². The number of guanidine groups is 1. The Hall–Kier alpha value is -1.09. The lowest BCUT2D eigenvalue weighted by Crippen LogP contribution is -2.39. The van der Waals surface area contributed by atoms with Crippen LogP contribution in [-0.4, -0.2) is 36.4 Å². The number of nitrogens with one attached hydrogen (secondary N) is 1. The van der Waals surface area contributed by atoms with E-state index in [2.05, 4.69) is 10.3 Å². The summed E-state index contributed by atoms with van der Waals surface area (Å²) >= 11 is 0. The number of benzene rings is 1. The smallest absolute Gasteiger partial charge is 0.188 e. The molecule has 0 saturated heterocycles. The predicted molar refractivity (Wildman–Crippen MR) is 95.2 cm³/mol. The fraction of sp³-hybridized carbons (Fsp3) is 0.533. The molecule has 1 atom stereocenters. The lowest BCUT2D eigenvalue weighted by Gasteiger charge is -2.14. The van der Waals surface area contributed by atoms with Crippen LogP contribution in [0.3, 0.4) is 0 Å². The molecule has 0 aliphatic heterocycles. The maximum absolute atomic E-state index is 13.0. The molecule has 0 amide bonds. The van der Waals surface area contributed by atoms with Gasteiger partial charge in [-0.15, -0.1) is 24.0 Å². The number of nitrogens with zero attached hydrogens (tertiary/aromatic N) is 1. The van der Waals surface area contributed by atoms with Crippen LogP contribution in [0.2, 0.25) is 0 Å². The third kappa shape index (κ3) is 6.78. The average Bonchev–Trinajstić information content (AvgIpc) is 2.96. The minimum Gasteiger partial charge on any atom is -0.491 e. The van der Waals surface area contributed by atoms with Crippen molar-refractivity contribution in [3.8, 4) is 5.75 Å². The lowest BCUT2D eigenvalue weighted by atomic mass is 10.2. The largest absolute Gasteiger partial charge is 0.491 e. The summed E-state index contributed by atoms with van der Waals surface area (Å²) in [5, 5.41) is 12.9. The van der Waals surface area contributed by atoms with Gasteiger partial charge in [0.15, 0.2) is 5.96 Å². The Kier molecular flexibility index (Phi) is 8.47. The van der Waals surface area contributed by atoms with Crippen LogP contribution in [-0.2, 0) is 0 Å². The Bertz CT molecular complexity index is 482. The van der Waals surface area contributed by atoms with Gasteiger partial charge < -0.3 is 20.9 Å². The molecule has 124 valence electrons. The number of aliphatic hydroxyl groups excluding tert-OH is 1. The minimum atomic E-state index is -0.780. The highest BCUT2D eigenvalue weighted by molar-refractivity contribution is 14.0. The number of ether oxygens (including phenoxy) is 1. The fourth-order valence-electron chi connectivity index (χ4n) is 2.33. The first kappa shape index (κ1) is 19.0. The zero-order chi connectivity index (χ0) is 15.1. The molecule has 22 heavy (non-hydrogen) atoms.